The number of aromatic nitrogens is 2. The molecule has 0 unspecified atom stereocenters. The Balaban J connectivity index is 2.29. The standard InChI is InChI=1S/C14H19N3O2S/c1-9(2)17(10(3)4)12(18)7-16-8-15-13-11(14(16)19)5-6-20-13/h5-6,8-10H,7H2,1-4H3. The molecule has 0 saturated heterocycles. The van der Waals surface area contributed by atoms with Gasteiger partial charge in [0.25, 0.3) is 5.56 Å². The van der Waals surface area contributed by atoms with Crippen LogP contribution in [0.2, 0.25) is 0 Å². The number of amides is 1. The molecule has 0 aromatic carbocycles. The molecule has 2 aromatic rings. The van der Waals surface area contributed by atoms with E-state index in [1.165, 1.54) is 22.2 Å². The Morgan fingerprint density at radius 2 is 2.00 bits per heavy atom. The van der Waals surface area contributed by atoms with E-state index in [9.17, 15) is 9.59 Å². The third-order valence-electron chi connectivity index (χ3n) is 3.16. The number of fused-ring (bicyclic) bond motifs is 1. The number of rotatable bonds is 4. The van der Waals surface area contributed by atoms with Gasteiger partial charge < -0.3 is 4.90 Å². The number of hydrogen-bond donors (Lipinski definition) is 0. The number of thiophene rings is 1. The Bertz CT molecular complexity index is 664. The number of nitrogens with zero attached hydrogens (tertiary/aromatic N) is 3. The smallest absolute Gasteiger partial charge is 0.262 e. The minimum absolute atomic E-state index is 0.0357. The lowest BCUT2D eigenvalue weighted by atomic mass is 10.2. The Morgan fingerprint density at radius 3 is 2.60 bits per heavy atom. The van der Waals surface area contributed by atoms with Crippen LogP contribution in [0.3, 0.4) is 0 Å². The lowest BCUT2D eigenvalue weighted by Gasteiger charge is -2.30. The molecular formula is C14H19N3O2S. The number of hydrogen-bond acceptors (Lipinski definition) is 4. The third-order valence-corrected chi connectivity index (χ3v) is 3.98. The Morgan fingerprint density at radius 1 is 1.35 bits per heavy atom. The molecule has 2 aromatic heterocycles. The van der Waals surface area contributed by atoms with Gasteiger partial charge in [-0.2, -0.15) is 0 Å². The summed E-state index contributed by atoms with van der Waals surface area (Å²) in [5.74, 6) is -0.0616. The third kappa shape index (κ3) is 2.75. The molecule has 0 bridgehead atoms. The molecule has 20 heavy (non-hydrogen) atoms. The molecule has 0 aliphatic rings. The second-order valence-corrected chi connectivity index (χ2v) is 6.20. The van der Waals surface area contributed by atoms with Crippen LogP contribution in [0.4, 0.5) is 0 Å². The van der Waals surface area contributed by atoms with Crippen LogP contribution in [0.5, 0.6) is 0 Å². The second kappa shape index (κ2) is 5.75. The minimum Gasteiger partial charge on any atom is -0.336 e. The molecule has 0 radical (unpaired) electrons. The van der Waals surface area contributed by atoms with E-state index in [2.05, 4.69) is 4.98 Å². The largest absolute Gasteiger partial charge is 0.336 e. The molecule has 2 heterocycles. The average Bonchev–Trinajstić information content (AvgIpc) is 2.80. The van der Waals surface area contributed by atoms with E-state index < -0.39 is 0 Å². The van der Waals surface area contributed by atoms with E-state index >= 15 is 0 Å². The summed E-state index contributed by atoms with van der Waals surface area (Å²) in [4.78, 5) is 31.3. The van der Waals surface area contributed by atoms with Crippen molar-refractivity contribution >= 4 is 27.5 Å². The van der Waals surface area contributed by atoms with Crippen molar-refractivity contribution in [1.29, 1.82) is 0 Å². The van der Waals surface area contributed by atoms with Crippen molar-refractivity contribution in [3.05, 3.63) is 28.1 Å². The first-order chi connectivity index (χ1) is 9.41. The molecule has 0 aliphatic carbocycles. The van der Waals surface area contributed by atoms with Crippen molar-refractivity contribution < 1.29 is 4.79 Å². The van der Waals surface area contributed by atoms with Gasteiger partial charge in [-0.1, -0.05) is 0 Å². The summed E-state index contributed by atoms with van der Waals surface area (Å²) >= 11 is 1.43. The van der Waals surface area contributed by atoms with Crippen molar-refractivity contribution in [3.8, 4) is 0 Å². The molecule has 2 rings (SSSR count). The normalized spacial score (nSPS) is 11.5. The number of carbonyl (C=O) groups is 1. The molecule has 0 fully saturated rings. The average molecular weight is 293 g/mol. The fraction of sp³-hybridized carbons (Fsp3) is 0.500. The van der Waals surface area contributed by atoms with Crippen LogP contribution >= 0.6 is 11.3 Å². The van der Waals surface area contributed by atoms with E-state index in [4.69, 9.17) is 0 Å². The van der Waals surface area contributed by atoms with Gasteiger partial charge in [-0.05, 0) is 39.1 Å². The molecule has 0 saturated carbocycles. The summed E-state index contributed by atoms with van der Waals surface area (Å²) in [6.45, 7) is 7.93. The SMILES string of the molecule is CC(C)N(C(=O)Cn1cnc2sccc2c1=O)C(C)C. The summed E-state index contributed by atoms with van der Waals surface area (Å²) in [5.41, 5.74) is -0.155. The van der Waals surface area contributed by atoms with E-state index in [1.807, 2.05) is 33.1 Å². The van der Waals surface area contributed by atoms with Gasteiger partial charge in [0.05, 0.1) is 11.7 Å². The highest BCUT2D eigenvalue weighted by atomic mass is 32.1. The van der Waals surface area contributed by atoms with Crippen LogP contribution < -0.4 is 5.56 Å². The zero-order chi connectivity index (χ0) is 14.9. The maximum atomic E-state index is 12.4. The van der Waals surface area contributed by atoms with Gasteiger partial charge in [0.15, 0.2) is 0 Å². The Hall–Kier alpha value is -1.69. The number of carbonyl (C=O) groups excluding carboxylic acids is 1. The van der Waals surface area contributed by atoms with Crippen molar-refractivity contribution in [2.45, 2.75) is 46.3 Å². The molecular weight excluding hydrogens is 274 g/mol. The van der Waals surface area contributed by atoms with Gasteiger partial charge in [-0.3, -0.25) is 14.2 Å². The lowest BCUT2D eigenvalue weighted by Crippen LogP contribution is -2.44. The van der Waals surface area contributed by atoms with E-state index in [0.29, 0.717) is 10.2 Å². The van der Waals surface area contributed by atoms with Crippen molar-refractivity contribution in [2.75, 3.05) is 0 Å². The predicted octanol–water partition coefficient (Wildman–Crippen LogP) is 2.10. The fourth-order valence-electron chi connectivity index (χ4n) is 2.41. The van der Waals surface area contributed by atoms with Crippen LogP contribution in [-0.4, -0.2) is 32.4 Å². The lowest BCUT2D eigenvalue weighted by molar-refractivity contribution is -0.135. The van der Waals surface area contributed by atoms with Gasteiger partial charge in [-0.25, -0.2) is 4.98 Å². The summed E-state index contributed by atoms with van der Waals surface area (Å²) in [6.07, 6.45) is 1.46. The van der Waals surface area contributed by atoms with E-state index in [-0.39, 0.29) is 30.1 Å². The molecule has 108 valence electrons. The van der Waals surface area contributed by atoms with Crippen molar-refractivity contribution in [2.24, 2.45) is 0 Å². The Kier molecular flexibility index (Phi) is 4.23. The topological polar surface area (TPSA) is 55.2 Å². The first kappa shape index (κ1) is 14.7. The van der Waals surface area contributed by atoms with Gasteiger partial charge in [0.1, 0.15) is 11.4 Å². The monoisotopic (exact) mass is 293 g/mol. The highest BCUT2D eigenvalue weighted by Gasteiger charge is 2.20. The maximum Gasteiger partial charge on any atom is 0.262 e. The molecule has 5 nitrogen and oxygen atoms in total. The summed E-state index contributed by atoms with van der Waals surface area (Å²) < 4.78 is 1.38. The predicted molar refractivity (Wildman–Crippen MR) is 81.0 cm³/mol. The summed E-state index contributed by atoms with van der Waals surface area (Å²) in [7, 11) is 0. The molecule has 6 heteroatoms. The van der Waals surface area contributed by atoms with Gasteiger partial charge in [0.2, 0.25) is 5.91 Å². The first-order valence-electron chi connectivity index (χ1n) is 6.65. The van der Waals surface area contributed by atoms with Gasteiger partial charge >= 0.3 is 0 Å². The van der Waals surface area contributed by atoms with Gasteiger partial charge in [0, 0.05) is 12.1 Å². The summed E-state index contributed by atoms with van der Waals surface area (Å²) in [6, 6.07) is 1.96. The van der Waals surface area contributed by atoms with Crippen LogP contribution in [0.1, 0.15) is 27.7 Å². The zero-order valence-electron chi connectivity index (χ0n) is 12.2. The van der Waals surface area contributed by atoms with Crippen LogP contribution in [0, 0.1) is 0 Å². The quantitative estimate of drug-likeness (QED) is 0.867. The summed E-state index contributed by atoms with van der Waals surface area (Å²) in [5, 5.41) is 2.41. The fourth-order valence-corrected chi connectivity index (χ4v) is 3.13. The zero-order valence-corrected chi connectivity index (χ0v) is 13.0. The molecule has 0 aliphatic heterocycles. The minimum atomic E-state index is -0.155. The Labute approximate surface area is 121 Å². The van der Waals surface area contributed by atoms with Gasteiger partial charge in [-0.15, -0.1) is 11.3 Å². The van der Waals surface area contributed by atoms with Crippen molar-refractivity contribution in [1.82, 2.24) is 14.5 Å². The maximum absolute atomic E-state index is 12.4. The van der Waals surface area contributed by atoms with E-state index in [1.54, 1.807) is 11.0 Å². The molecule has 0 atom stereocenters. The molecule has 0 spiro atoms. The highest BCUT2D eigenvalue weighted by Crippen LogP contribution is 2.13. The molecule has 0 N–H and O–H groups in total. The van der Waals surface area contributed by atoms with Crippen LogP contribution in [0.25, 0.3) is 10.2 Å². The van der Waals surface area contributed by atoms with Crippen molar-refractivity contribution in [3.63, 3.8) is 0 Å². The van der Waals surface area contributed by atoms with E-state index in [0.717, 1.165) is 0 Å². The van der Waals surface area contributed by atoms with Crippen LogP contribution in [-0.2, 0) is 11.3 Å². The van der Waals surface area contributed by atoms with Crippen LogP contribution in [0.15, 0.2) is 22.6 Å². The molecule has 1 amide bonds. The first-order valence-corrected chi connectivity index (χ1v) is 7.53. The highest BCUT2D eigenvalue weighted by molar-refractivity contribution is 7.16. The second-order valence-electron chi connectivity index (χ2n) is 5.31.